The molecule has 0 radical (unpaired) electrons. The van der Waals surface area contributed by atoms with Crippen LogP contribution in [0.25, 0.3) is 5.82 Å². The second-order valence-electron chi connectivity index (χ2n) is 5.17. The standard InChI is InChI=1S/C17H17N5O2/c1-13(24-10-14-5-3-2-4-6-14)17(23)21-15-7-8-16(19-9-15)22-12-18-11-20-22/h2-9,11-13H,10H2,1H3,(H,21,23)/t13-/m1/s1. The smallest absolute Gasteiger partial charge is 0.253 e. The highest BCUT2D eigenvalue weighted by Crippen LogP contribution is 2.10. The summed E-state index contributed by atoms with van der Waals surface area (Å²) in [7, 11) is 0. The van der Waals surface area contributed by atoms with E-state index in [1.807, 2.05) is 30.3 Å². The Labute approximate surface area is 139 Å². The molecular formula is C17H17N5O2. The van der Waals surface area contributed by atoms with Crippen molar-refractivity contribution in [3.8, 4) is 5.82 Å². The summed E-state index contributed by atoms with van der Waals surface area (Å²) in [6.45, 7) is 2.11. The van der Waals surface area contributed by atoms with Crippen molar-refractivity contribution in [2.45, 2.75) is 19.6 Å². The number of carbonyl (C=O) groups excluding carboxylic acids is 1. The lowest BCUT2D eigenvalue weighted by molar-refractivity contribution is -0.127. The van der Waals surface area contributed by atoms with Gasteiger partial charge in [0.1, 0.15) is 18.8 Å². The first kappa shape index (κ1) is 15.8. The molecule has 2 heterocycles. The molecule has 1 amide bonds. The van der Waals surface area contributed by atoms with Crippen LogP contribution in [0.15, 0.2) is 61.3 Å². The minimum absolute atomic E-state index is 0.221. The maximum atomic E-state index is 12.2. The molecule has 122 valence electrons. The number of rotatable bonds is 6. The molecule has 0 aliphatic heterocycles. The number of ether oxygens (including phenoxy) is 1. The van der Waals surface area contributed by atoms with Gasteiger partial charge in [0.25, 0.3) is 5.91 Å². The highest BCUT2D eigenvalue weighted by atomic mass is 16.5. The molecule has 24 heavy (non-hydrogen) atoms. The average Bonchev–Trinajstić information content (AvgIpc) is 3.16. The van der Waals surface area contributed by atoms with Gasteiger partial charge in [0.05, 0.1) is 18.5 Å². The zero-order valence-electron chi connectivity index (χ0n) is 13.2. The Kier molecular flexibility index (Phi) is 4.93. The molecule has 0 aliphatic carbocycles. The van der Waals surface area contributed by atoms with Crippen molar-refractivity contribution in [3.63, 3.8) is 0 Å². The van der Waals surface area contributed by atoms with E-state index in [0.717, 1.165) is 5.56 Å². The van der Waals surface area contributed by atoms with E-state index < -0.39 is 6.10 Å². The molecule has 0 spiro atoms. The quantitative estimate of drug-likeness (QED) is 0.752. The third-order valence-corrected chi connectivity index (χ3v) is 3.38. The van der Waals surface area contributed by atoms with Crippen molar-refractivity contribution in [1.82, 2.24) is 19.7 Å². The van der Waals surface area contributed by atoms with Crippen LogP contribution in [0.3, 0.4) is 0 Å². The molecule has 0 saturated heterocycles. The average molecular weight is 323 g/mol. The number of nitrogens with one attached hydrogen (secondary N) is 1. The Hall–Kier alpha value is -3.06. The lowest BCUT2D eigenvalue weighted by atomic mass is 10.2. The Balaban J connectivity index is 1.54. The summed E-state index contributed by atoms with van der Waals surface area (Å²) in [6.07, 6.45) is 3.99. The van der Waals surface area contributed by atoms with Crippen LogP contribution in [0.4, 0.5) is 5.69 Å². The van der Waals surface area contributed by atoms with E-state index in [1.165, 1.54) is 11.0 Å². The molecule has 3 rings (SSSR count). The van der Waals surface area contributed by atoms with Crippen LogP contribution in [0.5, 0.6) is 0 Å². The fourth-order valence-electron chi connectivity index (χ4n) is 2.04. The second kappa shape index (κ2) is 7.47. The second-order valence-corrected chi connectivity index (χ2v) is 5.17. The van der Waals surface area contributed by atoms with Crippen LogP contribution in [0.2, 0.25) is 0 Å². The van der Waals surface area contributed by atoms with Crippen LogP contribution in [0.1, 0.15) is 12.5 Å². The fourth-order valence-corrected chi connectivity index (χ4v) is 2.04. The predicted molar refractivity (Wildman–Crippen MR) is 88.5 cm³/mol. The Morgan fingerprint density at radius 3 is 2.75 bits per heavy atom. The summed E-state index contributed by atoms with van der Waals surface area (Å²) in [5, 5.41) is 6.77. The zero-order valence-corrected chi connectivity index (χ0v) is 13.2. The molecule has 7 nitrogen and oxygen atoms in total. The number of anilines is 1. The number of aromatic nitrogens is 4. The first-order chi connectivity index (χ1) is 11.7. The number of amides is 1. The van der Waals surface area contributed by atoms with E-state index >= 15 is 0 Å². The van der Waals surface area contributed by atoms with E-state index in [1.54, 1.807) is 31.6 Å². The summed E-state index contributed by atoms with van der Waals surface area (Å²) in [5.74, 6) is 0.403. The van der Waals surface area contributed by atoms with Gasteiger partial charge in [-0.3, -0.25) is 4.79 Å². The van der Waals surface area contributed by atoms with Crippen LogP contribution in [-0.4, -0.2) is 31.8 Å². The first-order valence-corrected chi connectivity index (χ1v) is 7.50. The number of nitrogens with zero attached hydrogens (tertiary/aromatic N) is 4. The van der Waals surface area contributed by atoms with Crippen molar-refractivity contribution in [2.75, 3.05) is 5.32 Å². The van der Waals surface area contributed by atoms with E-state index in [0.29, 0.717) is 18.1 Å². The summed E-state index contributed by atoms with van der Waals surface area (Å²) in [4.78, 5) is 20.3. The lowest BCUT2D eigenvalue weighted by Gasteiger charge is -2.13. The summed E-state index contributed by atoms with van der Waals surface area (Å²) in [5.41, 5.74) is 1.62. The topological polar surface area (TPSA) is 81.9 Å². The van der Waals surface area contributed by atoms with Gasteiger partial charge in [-0.15, -0.1) is 0 Å². The minimum Gasteiger partial charge on any atom is -0.364 e. The molecule has 0 fully saturated rings. The fraction of sp³-hybridized carbons (Fsp3) is 0.176. The monoisotopic (exact) mass is 323 g/mol. The molecule has 1 atom stereocenters. The molecule has 0 saturated carbocycles. The van der Waals surface area contributed by atoms with E-state index in [9.17, 15) is 4.79 Å². The van der Waals surface area contributed by atoms with Gasteiger partial charge in [-0.2, -0.15) is 5.10 Å². The SMILES string of the molecule is C[C@@H](OCc1ccccc1)C(=O)Nc1ccc(-n2cncn2)nc1. The van der Waals surface area contributed by atoms with Crippen molar-refractivity contribution >= 4 is 11.6 Å². The highest BCUT2D eigenvalue weighted by molar-refractivity contribution is 5.93. The summed E-state index contributed by atoms with van der Waals surface area (Å²) < 4.78 is 7.13. The van der Waals surface area contributed by atoms with Crippen molar-refractivity contribution < 1.29 is 9.53 Å². The molecule has 1 N–H and O–H groups in total. The predicted octanol–water partition coefficient (Wildman–Crippen LogP) is 2.21. The van der Waals surface area contributed by atoms with E-state index in [2.05, 4.69) is 20.4 Å². The van der Waals surface area contributed by atoms with Crippen LogP contribution >= 0.6 is 0 Å². The third kappa shape index (κ3) is 4.02. The molecule has 0 unspecified atom stereocenters. The van der Waals surface area contributed by atoms with Gasteiger partial charge in [0.15, 0.2) is 5.82 Å². The van der Waals surface area contributed by atoms with E-state index in [4.69, 9.17) is 4.74 Å². The van der Waals surface area contributed by atoms with E-state index in [-0.39, 0.29) is 5.91 Å². The zero-order chi connectivity index (χ0) is 16.8. The molecule has 7 heteroatoms. The summed E-state index contributed by atoms with van der Waals surface area (Å²) >= 11 is 0. The Bertz CT molecular complexity index is 773. The number of hydrogen-bond acceptors (Lipinski definition) is 5. The van der Waals surface area contributed by atoms with Crippen molar-refractivity contribution in [1.29, 1.82) is 0 Å². The molecule has 0 aliphatic rings. The first-order valence-electron chi connectivity index (χ1n) is 7.50. The maximum Gasteiger partial charge on any atom is 0.253 e. The number of pyridine rings is 1. The number of carbonyl (C=O) groups is 1. The van der Waals surface area contributed by atoms with Gasteiger partial charge in [0.2, 0.25) is 0 Å². The van der Waals surface area contributed by atoms with Gasteiger partial charge < -0.3 is 10.1 Å². The molecule has 2 aromatic heterocycles. The normalized spacial score (nSPS) is 11.9. The Morgan fingerprint density at radius 1 is 1.25 bits per heavy atom. The maximum absolute atomic E-state index is 12.2. The largest absolute Gasteiger partial charge is 0.364 e. The highest BCUT2D eigenvalue weighted by Gasteiger charge is 2.14. The van der Waals surface area contributed by atoms with Crippen molar-refractivity contribution in [2.24, 2.45) is 0 Å². The summed E-state index contributed by atoms with van der Waals surface area (Å²) in [6, 6.07) is 13.2. The van der Waals surface area contributed by atoms with Crippen LogP contribution in [-0.2, 0) is 16.1 Å². The van der Waals surface area contributed by atoms with Crippen LogP contribution < -0.4 is 5.32 Å². The third-order valence-electron chi connectivity index (χ3n) is 3.38. The number of hydrogen-bond donors (Lipinski definition) is 1. The lowest BCUT2D eigenvalue weighted by Crippen LogP contribution is -2.27. The van der Waals surface area contributed by atoms with Gasteiger partial charge in [0, 0.05) is 0 Å². The number of benzene rings is 1. The minimum atomic E-state index is -0.569. The van der Waals surface area contributed by atoms with Gasteiger partial charge in [-0.05, 0) is 24.6 Å². The van der Waals surface area contributed by atoms with Crippen molar-refractivity contribution in [3.05, 3.63) is 66.9 Å². The molecular weight excluding hydrogens is 306 g/mol. The van der Waals surface area contributed by atoms with Gasteiger partial charge >= 0.3 is 0 Å². The molecule has 3 aromatic rings. The Morgan fingerprint density at radius 2 is 2.08 bits per heavy atom. The van der Waals surface area contributed by atoms with Gasteiger partial charge in [-0.1, -0.05) is 30.3 Å². The molecule has 1 aromatic carbocycles. The van der Waals surface area contributed by atoms with Crippen LogP contribution in [0, 0.1) is 0 Å². The van der Waals surface area contributed by atoms with Gasteiger partial charge in [-0.25, -0.2) is 14.6 Å². The molecule has 0 bridgehead atoms.